The van der Waals surface area contributed by atoms with Crippen LogP contribution in [-0.2, 0) is 0 Å². The first-order valence-corrected chi connectivity index (χ1v) is 6.66. The Morgan fingerprint density at radius 1 is 1.33 bits per heavy atom. The van der Waals surface area contributed by atoms with Gasteiger partial charge in [0.2, 0.25) is 0 Å². The van der Waals surface area contributed by atoms with E-state index < -0.39 is 0 Å². The van der Waals surface area contributed by atoms with E-state index in [1.807, 2.05) is 22.8 Å². The van der Waals surface area contributed by atoms with Crippen molar-refractivity contribution in [2.24, 2.45) is 5.92 Å². The number of rotatable bonds is 1. The van der Waals surface area contributed by atoms with Gasteiger partial charge in [-0.25, -0.2) is 4.79 Å². The first-order chi connectivity index (χ1) is 8.66. The molecule has 1 fully saturated rings. The van der Waals surface area contributed by atoms with Gasteiger partial charge in [0.25, 0.3) is 0 Å². The maximum atomic E-state index is 12.2. The second kappa shape index (κ2) is 4.19. The van der Waals surface area contributed by atoms with Crippen LogP contribution in [0.25, 0.3) is 11.0 Å². The van der Waals surface area contributed by atoms with Gasteiger partial charge in [0.1, 0.15) is 0 Å². The molecular formula is C14H19N3O. The summed E-state index contributed by atoms with van der Waals surface area (Å²) >= 11 is 0. The van der Waals surface area contributed by atoms with Crippen molar-refractivity contribution in [3.8, 4) is 0 Å². The molecule has 96 valence electrons. The van der Waals surface area contributed by atoms with Gasteiger partial charge in [-0.1, -0.05) is 19.8 Å². The van der Waals surface area contributed by atoms with Gasteiger partial charge in [0, 0.05) is 11.7 Å². The van der Waals surface area contributed by atoms with Gasteiger partial charge in [-0.2, -0.15) is 0 Å². The summed E-state index contributed by atoms with van der Waals surface area (Å²) < 4.78 is 1.93. The SMILES string of the molecule is CC1CCCCC1n1c(=O)[nH]c2cc(N)ccc21. The van der Waals surface area contributed by atoms with Gasteiger partial charge in [0.05, 0.1) is 11.0 Å². The second-order valence-corrected chi connectivity index (χ2v) is 5.41. The fourth-order valence-electron chi connectivity index (χ4n) is 3.16. The van der Waals surface area contributed by atoms with Crippen LogP contribution in [0, 0.1) is 5.92 Å². The Hall–Kier alpha value is -1.71. The van der Waals surface area contributed by atoms with Crippen LogP contribution in [-0.4, -0.2) is 9.55 Å². The minimum absolute atomic E-state index is 0.00523. The highest BCUT2D eigenvalue weighted by Gasteiger charge is 2.25. The van der Waals surface area contributed by atoms with Gasteiger partial charge >= 0.3 is 5.69 Å². The lowest BCUT2D eigenvalue weighted by Gasteiger charge is -2.29. The molecule has 0 bridgehead atoms. The number of fused-ring (bicyclic) bond motifs is 1. The molecule has 1 aliphatic rings. The minimum Gasteiger partial charge on any atom is -0.399 e. The van der Waals surface area contributed by atoms with Crippen molar-refractivity contribution in [1.29, 1.82) is 0 Å². The number of nitrogens with zero attached hydrogens (tertiary/aromatic N) is 1. The Morgan fingerprint density at radius 3 is 2.89 bits per heavy atom. The van der Waals surface area contributed by atoms with Crippen molar-refractivity contribution < 1.29 is 0 Å². The number of benzene rings is 1. The van der Waals surface area contributed by atoms with E-state index in [9.17, 15) is 4.79 Å². The number of nitrogen functional groups attached to an aromatic ring is 1. The number of aromatic amines is 1. The van der Waals surface area contributed by atoms with Crippen LogP contribution < -0.4 is 11.4 Å². The van der Waals surface area contributed by atoms with Crippen LogP contribution in [0.2, 0.25) is 0 Å². The third kappa shape index (κ3) is 1.72. The fourth-order valence-corrected chi connectivity index (χ4v) is 3.16. The number of imidazole rings is 1. The molecule has 1 aliphatic carbocycles. The van der Waals surface area contributed by atoms with E-state index in [-0.39, 0.29) is 5.69 Å². The maximum absolute atomic E-state index is 12.2. The van der Waals surface area contributed by atoms with E-state index in [4.69, 9.17) is 5.73 Å². The zero-order chi connectivity index (χ0) is 12.7. The van der Waals surface area contributed by atoms with Crippen molar-refractivity contribution in [2.45, 2.75) is 38.6 Å². The van der Waals surface area contributed by atoms with Crippen LogP contribution in [0.4, 0.5) is 5.69 Å². The number of nitrogens with two attached hydrogens (primary N) is 1. The van der Waals surface area contributed by atoms with Crippen LogP contribution in [0.3, 0.4) is 0 Å². The van der Waals surface area contributed by atoms with E-state index >= 15 is 0 Å². The summed E-state index contributed by atoms with van der Waals surface area (Å²) in [6, 6.07) is 5.97. The molecule has 4 heteroatoms. The summed E-state index contributed by atoms with van der Waals surface area (Å²) in [7, 11) is 0. The third-order valence-electron chi connectivity index (χ3n) is 4.14. The van der Waals surface area contributed by atoms with Crippen molar-refractivity contribution in [2.75, 3.05) is 5.73 Å². The van der Waals surface area contributed by atoms with Crippen molar-refractivity contribution in [1.82, 2.24) is 9.55 Å². The van der Waals surface area contributed by atoms with E-state index in [0.717, 1.165) is 17.5 Å². The lowest BCUT2D eigenvalue weighted by atomic mass is 9.85. The van der Waals surface area contributed by atoms with Crippen molar-refractivity contribution in [3.05, 3.63) is 28.7 Å². The number of nitrogens with one attached hydrogen (secondary N) is 1. The monoisotopic (exact) mass is 245 g/mol. The highest BCUT2D eigenvalue weighted by molar-refractivity contribution is 5.79. The Morgan fingerprint density at radius 2 is 2.11 bits per heavy atom. The molecule has 0 spiro atoms. The number of H-pyrrole nitrogens is 1. The van der Waals surface area contributed by atoms with Gasteiger partial charge in [-0.3, -0.25) is 4.57 Å². The molecule has 1 heterocycles. The van der Waals surface area contributed by atoms with Gasteiger partial charge in [-0.05, 0) is 37.0 Å². The molecule has 1 aromatic heterocycles. The molecule has 2 aromatic rings. The Bertz CT molecular complexity index is 625. The quantitative estimate of drug-likeness (QED) is 0.759. The molecule has 0 radical (unpaired) electrons. The molecule has 3 rings (SSSR count). The maximum Gasteiger partial charge on any atom is 0.326 e. The summed E-state index contributed by atoms with van der Waals surface area (Å²) in [4.78, 5) is 15.1. The molecule has 0 saturated heterocycles. The predicted molar refractivity (Wildman–Crippen MR) is 73.6 cm³/mol. The fraction of sp³-hybridized carbons (Fsp3) is 0.500. The molecule has 2 atom stereocenters. The lowest BCUT2D eigenvalue weighted by Crippen LogP contribution is -2.28. The van der Waals surface area contributed by atoms with E-state index in [1.54, 1.807) is 0 Å². The van der Waals surface area contributed by atoms with E-state index in [1.165, 1.54) is 19.3 Å². The molecule has 1 saturated carbocycles. The highest BCUT2D eigenvalue weighted by atomic mass is 16.1. The smallest absolute Gasteiger partial charge is 0.326 e. The molecule has 0 amide bonds. The third-order valence-corrected chi connectivity index (χ3v) is 4.14. The van der Waals surface area contributed by atoms with Gasteiger partial charge in [-0.15, -0.1) is 0 Å². The number of aromatic nitrogens is 2. The molecule has 0 aliphatic heterocycles. The number of hydrogen-bond acceptors (Lipinski definition) is 2. The number of hydrogen-bond donors (Lipinski definition) is 2. The predicted octanol–water partition coefficient (Wildman–Crippen LogP) is 2.66. The van der Waals surface area contributed by atoms with Crippen LogP contribution in [0.15, 0.2) is 23.0 Å². The zero-order valence-electron chi connectivity index (χ0n) is 10.6. The summed E-state index contributed by atoms with van der Waals surface area (Å²) in [5.41, 5.74) is 8.26. The average Bonchev–Trinajstić information content (AvgIpc) is 2.65. The molecule has 4 nitrogen and oxygen atoms in total. The Kier molecular flexibility index (Phi) is 2.65. The normalized spacial score (nSPS) is 24.5. The minimum atomic E-state index is -0.00523. The standard InChI is InChI=1S/C14H19N3O/c1-9-4-2-3-5-12(9)17-13-7-6-10(15)8-11(13)16-14(17)18/h6-9,12H,2-5,15H2,1H3,(H,16,18). The first kappa shape index (κ1) is 11.4. The topological polar surface area (TPSA) is 63.8 Å². The van der Waals surface area contributed by atoms with Crippen LogP contribution >= 0.6 is 0 Å². The zero-order valence-corrected chi connectivity index (χ0v) is 10.6. The average molecular weight is 245 g/mol. The second-order valence-electron chi connectivity index (χ2n) is 5.41. The number of anilines is 1. The molecule has 1 aromatic carbocycles. The summed E-state index contributed by atoms with van der Waals surface area (Å²) in [5, 5.41) is 0. The molecular weight excluding hydrogens is 226 g/mol. The molecule has 18 heavy (non-hydrogen) atoms. The lowest BCUT2D eigenvalue weighted by molar-refractivity contribution is 0.258. The van der Waals surface area contributed by atoms with Crippen molar-refractivity contribution >= 4 is 16.7 Å². The van der Waals surface area contributed by atoms with E-state index in [0.29, 0.717) is 17.6 Å². The first-order valence-electron chi connectivity index (χ1n) is 6.66. The highest BCUT2D eigenvalue weighted by Crippen LogP contribution is 2.34. The Labute approximate surface area is 106 Å². The molecule has 2 unspecified atom stereocenters. The Balaban J connectivity index is 2.16. The summed E-state index contributed by atoms with van der Waals surface area (Å²) in [5.74, 6) is 0.563. The van der Waals surface area contributed by atoms with E-state index in [2.05, 4.69) is 11.9 Å². The van der Waals surface area contributed by atoms with Gasteiger partial charge < -0.3 is 10.7 Å². The van der Waals surface area contributed by atoms with Crippen LogP contribution in [0.5, 0.6) is 0 Å². The summed E-state index contributed by atoms with van der Waals surface area (Å²) in [6.45, 7) is 2.24. The summed E-state index contributed by atoms with van der Waals surface area (Å²) in [6.07, 6.45) is 4.79. The molecule has 3 N–H and O–H groups in total. The largest absolute Gasteiger partial charge is 0.399 e. The van der Waals surface area contributed by atoms with Crippen molar-refractivity contribution in [3.63, 3.8) is 0 Å². The van der Waals surface area contributed by atoms with Gasteiger partial charge in [0.15, 0.2) is 0 Å². The van der Waals surface area contributed by atoms with Crippen LogP contribution in [0.1, 0.15) is 38.6 Å².